The van der Waals surface area contributed by atoms with Crippen molar-refractivity contribution in [2.45, 2.75) is 0 Å². The number of rotatable bonds is 10. The Labute approximate surface area is 411 Å². The molecule has 0 spiro atoms. The molecule has 1 aromatic heterocycles. The van der Waals surface area contributed by atoms with Gasteiger partial charge >= 0.3 is 0 Å². The number of fused-ring (bicyclic) bond motifs is 6. The molecule has 0 saturated heterocycles. The van der Waals surface area contributed by atoms with Gasteiger partial charge in [0.2, 0.25) is 0 Å². The van der Waals surface area contributed by atoms with Crippen molar-refractivity contribution in [3.8, 4) is 11.1 Å². The lowest BCUT2D eigenvalue weighted by molar-refractivity contribution is 1.23. The highest BCUT2D eigenvalue weighted by Crippen LogP contribution is 2.48. The second-order valence-corrected chi connectivity index (χ2v) is 18.8. The second kappa shape index (κ2) is 17.6. The van der Waals surface area contributed by atoms with E-state index >= 15 is 0 Å². The van der Waals surface area contributed by atoms with E-state index in [-0.39, 0.29) is 0 Å². The molecule has 12 aromatic carbocycles. The summed E-state index contributed by atoms with van der Waals surface area (Å²) in [7, 11) is 0. The van der Waals surface area contributed by atoms with Gasteiger partial charge in [-0.15, -0.1) is 11.3 Å². The fraction of sp³-hybridized carbons (Fsp3) is 0. The number of hydrogen-bond donors (Lipinski definition) is 0. The maximum Gasteiger partial charge on any atom is 0.0540 e. The van der Waals surface area contributed by atoms with Crippen molar-refractivity contribution in [3.05, 3.63) is 273 Å². The lowest BCUT2D eigenvalue weighted by atomic mass is 10.0. The van der Waals surface area contributed by atoms with E-state index in [1.807, 2.05) is 11.3 Å². The van der Waals surface area contributed by atoms with E-state index in [0.717, 1.165) is 51.2 Å². The largest absolute Gasteiger partial charge is 0.310 e. The molecule has 1 heterocycles. The molecule has 3 nitrogen and oxygen atoms in total. The van der Waals surface area contributed by atoms with Crippen LogP contribution in [0.5, 0.6) is 0 Å². The van der Waals surface area contributed by atoms with Crippen molar-refractivity contribution in [1.29, 1.82) is 0 Å². The normalized spacial score (nSPS) is 11.4. The van der Waals surface area contributed by atoms with Gasteiger partial charge in [-0.3, -0.25) is 0 Å². The molecule has 0 fully saturated rings. The SMILES string of the molecule is c1ccc(N(c2cc(N(c3ccccc3)c3ccc4ccccc4c3)cc(N(c3ccc(-c4cccc5c4sc4ccccc45)cc3)c3cccc4ccccc34)c2)c2ccc3ccccc3c2)cc1. The van der Waals surface area contributed by atoms with Gasteiger partial charge in [0.05, 0.1) is 22.7 Å². The van der Waals surface area contributed by atoms with E-state index in [1.54, 1.807) is 0 Å². The highest BCUT2D eigenvalue weighted by atomic mass is 32.1. The lowest BCUT2D eigenvalue weighted by Gasteiger charge is -2.33. The van der Waals surface area contributed by atoms with Crippen LogP contribution in [0.4, 0.5) is 51.2 Å². The van der Waals surface area contributed by atoms with Gasteiger partial charge in [0, 0.05) is 54.0 Å². The Morgan fingerprint density at radius 2 is 0.686 bits per heavy atom. The minimum Gasteiger partial charge on any atom is -0.310 e. The lowest BCUT2D eigenvalue weighted by Crippen LogP contribution is -2.16. The van der Waals surface area contributed by atoms with Crippen LogP contribution in [-0.2, 0) is 0 Å². The van der Waals surface area contributed by atoms with Gasteiger partial charge in [-0.05, 0) is 129 Å². The van der Waals surface area contributed by atoms with Crippen LogP contribution in [0, 0.1) is 0 Å². The van der Waals surface area contributed by atoms with E-state index in [2.05, 4.69) is 288 Å². The fourth-order valence-corrected chi connectivity index (χ4v) is 11.5. The summed E-state index contributed by atoms with van der Waals surface area (Å²) in [6, 6.07) is 99.5. The third-order valence-corrected chi connectivity index (χ3v) is 14.7. The molecule has 0 aliphatic rings. The summed E-state index contributed by atoms with van der Waals surface area (Å²) in [6.45, 7) is 0. The van der Waals surface area contributed by atoms with Crippen LogP contribution in [0.2, 0.25) is 0 Å². The molecule has 0 radical (unpaired) electrons. The van der Waals surface area contributed by atoms with Crippen molar-refractivity contribution in [3.63, 3.8) is 0 Å². The zero-order valence-corrected chi connectivity index (χ0v) is 39.0. The zero-order chi connectivity index (χ0) is 46.4. The first-order chi connectivity index (χ1) is 34.7. The summed E-state index contributed by atoms with van der Waals surface area (Å²) in [5, 5.41) is 9.72. The summed E-state index contributed by atoms with van der Waals surface area (Å²) in [4.78, 5) is 7.25. The summed E-state index contributed by atoms with van der Waals surface area (Å²) < 4.78 is 2.62. The van der Waals surface area contributed by atoms with Crippen LogP contribution in [0.15, 0.2) is 273 Å². The van der Waals surface area contributed by atoms with Crippen molar-refractivity contribution >= 4 is 115 Å². The first kappa shape index (κ1) is 41.2. The summed E-state index contributed by atoms with van der Waals surface area (Å²) in [5.74, 6) is 0. The van der Waals surface area contributed by atoms with Gasteiger partial charge in [-0.1, -0.05) is 182 Å². The molecule has 13 aromatic rings. The maximum absolute atomic E-state index is 2.45. The van der Waals surface area contributed by atoms with Gasteiger partial charge < -0.3 is 14.7 Å². The van der Waals surface area contributed by atoms with Gasteiger partial charge in [0.15, 0.2) is 0 Å². The highest BCUT2D eigenvalue weighted by Gasteiger charge is 2.24. The number of anilines is 9. The average Bonchev–Trinajstić information content (AvgIpc) is 3.81. The standard InChI is InChI=1S/C66H45N3S/c1-3-23-52(24-4-1)67(55-39-33-46-17-7-9-20-50(46)41-55)57-43-58(68(53-25-5-2-6-26-53)56-40-34-47-18-8-10-21-51(47)42-56)45-59(44-57)69(64-31-15-22-48-19-11-12-27-60(48)64)54-37-35-49(36-38-54)61-29-16-30-63-62-28-13-14-32-65(62)70-66(61)63/h1-45H. The Morgan fingerprint density at radius 3 is 1.30 bits per heavy atom. The minimum atomic E-state index is 1.02. The minimum absolute atomic E-state index is 1.02. The summed E-state index contributed by atoms with van der Waals surface area (Å²) in [6.07, 6.45) is 0. The summed E-state index contributed by atoms with van der Waals surface area (Å²) in [5.41, 5.74) is 11.9. The van der Waals surface area contributed by atoms with Crippen molar-refractivity contribution in [2.75, 3.05) is 14.7 Å². The smallest absolute Gasteiger partial charge is 0.0540 e. The molecule has 0 amide bonds. The molecule has 4 heteroatoms. The van der Waals surface area contributed by atoms with Crippen LogP contribution in [0.1, 0.15) is 0 Å². The highest BCUT2D eigenvalue weighted by molar-refractivity contribution is 7.26. The maximum atomic E-state index is 2.45. The third kappa shape index (κ3) is 7.48. The number of benzene rings is 12. The van der Waals surface area contributed by atoms with Gasteiger partial charge in [0.1, 0.15) is 0 Å². The van der Waals surface area contributed by atoms with Crippen LogP contribution in [0.3, 0.4) is 0 Å². The molecule has 13 rings (SSSR count). The molecule has 0 unspecified atom stereocenters. The molecule has 0 aliphatic carbocycles. The molecular formula is C66H45N3S. The Hall–Kier alpha value is -8.96. The predicted molar refractivity (Wildman–Crippen MR) is 301 cm³/mol. The Bertz CT molecular complexity index is 3880. The summed E-state index contributed by atoms with van der Waals surface area (Å²) >= 11 is 1.87. The first-order valence-corrected chi connectivity index (χ1v) is 24.6. The van der Waals surface area contributed by atoms with E-state index in [1.165, 1.54) is 63.6 Å². The van der Waals surface area contributed by atoms with Crippen molar-refractivity contribution < 1.29 is 0 Å². The zero-order valence-electron chi connectivity index (χ0n) is 38.2. The van der Waals surface area contributed by atoms with E-state index < -0.39 is 0 Å². The average molecular weight is 912 g/mol. The van der Waals surface area contributed by atoms with Crippen LogP contribution in [0.25, 0.3) is 63.6 Å². The van der Waals surface area contributed by atoms with Crippen molar-refractivity contribution in [1.82, 2.24) is 0 Å². The molecule has 0 N–H and O–H groups in total. The molecule has 0 saturated carbocycles. The second-order valence-electron chi connectivity index (χ2n) is 17.8. The quantitative estimate of drug-likeness (QED) is 0.135. The number of nitrogens with zero attached hydrogens (tertiary/aromatic N) is 3. The molecular weight excluding hydrogens is 867 g/mol. The van der Waals surface area contributed by atoms with Crippen LogP contribution < -0.4 is 14.7 Å². The van der Waals surface area contributed by atoms with E-state index in [4.69, 9.17) is 0 Å². The molecule has 0 atom stereocenters. The molecule has 330 valence electrons. The molecule has 0 bridgehead atoms. The third-order valence-electron chi connectivity index (χ3n) is 13.5. The topological polar surface area (TPSA) is 9.72 Å². The predicted octanol–water partition coefficient (Wildman–Crippen LogP) is 19.6. The Kier molecular flexibility index (Phi) is 10.4. The van der Waals surface area contributed by atoms with E-state index in [9.17, 15) is 0 Å². The van der Waals surface area contributed by atoms with Crippen LogP contribution >= 0.6 is 11.3 Å². The fourth-order valence-electron chi connectivity index (χ4n) is 10.2. The Balaban J connectivity index is 1.07. The van der Waals surface area contributed by atoms with Gasteiger partial charge in [-0.25, -0.2) is 0 Å². The van der Waals surface area contributed by atoms with Crippen molar-refractivity contribution in [2.24, 2.45) is 0 Å². The number of thiophene rings is 1. The first-order valence-electron chi connectivity index (χ1n) is 23.8. The number of hydrogen-bond acceptors (Lipinski definition) is 4. The monoisotopic (exact) mass is 911 g/mol. The molecule has 0 aliphatic heterocycles. The van der Waals surface area contributed by atoms with Gasteiger partial charge in [-0.2, -0.15) is 0 Å². The number of para-hydroxylation sites is 2. The molecule has 70 heavy (non-hydrogen) atoms. The van der Waals surface area contributed by atoms with E-state index in [0.29, 0.717) is 0 Å². The van der Waals surface area contributed by atoms with Crippen LogP contribution in [-0.4, -0.2) is 0 Å². The Morgan fingerprint density at radius 1 is 0.243 bits per heavy atom. The van der Waals surface area contributed by atoms with Gasteiger partial charge in [0.25, 0.3) is 0 Å².